The predicted octanol–water partition coefficient (Wildman–Crippen LogP) is 1.74. The standard InChI is InChI=1S/C30H40O10/c1-15-11-20(39-28-26(36)25(35)24(34)21(13-31)40-28)27-29(2,3)22(32)9-10-30(27,4)18(15)14-37-17-7-5-16-6-8-23(33)38-19(16)12-17/h5-8,11-12,18,20-22,24-28,31-32,34-36H,9-10,13-14H2,1-4H3/t18-,20-,21-,22+,24-,25+,26-,27-,28-,30+/m1/s1. The van der Waals surface area contributed by atoms with Gasteiger partial charge in [-0.2, -0.15) is 0 Å². The molecule has 2 heterocycles. The third-order valence-corrected chi connectivity index (χ3v) is 9.58. The highest BCUT2D eigenvalue weighted by Gasteiger charge is 2.60. The summed E-state index contributed by atoms with van der Waals surface area (Å²) in [5, 5.41) is 52.7. The van der Waals surface area contributed by atoms with E-state index >= 15 is 0 Å². The summed E-state index contributed by atoms with van der Waals surface area (Å²) >= 11 is 0. The first-order valence-electron chi connectivity index (χ1n) is 13.9. The van der Waals surface area contributed by atoms with E-state index in [1.807, 2.05) is 39.0 Å². The third kappa shape index (κ3) is 5.00. The Hall–Kier alpha value is -2.31. The molecular weight excluding hydrogens is 520 g/mol. The van der Waals surface area contributed by atoms with Crippen molar-refractivity contribution < 1.29 is 44.2 Å². The quantitative estimate of drug-likeness (QED) is 0.260. The zero-order chi connectivity index (χ0) is 29.0. The molecule has 10 nitrogen and oxygen atoms in total. The summed E-state index contributed by atoms with van der Waals surface area (Å²) in [6.45, 7) is 7.96. The van der Waals surface area contributed by atoms with Crippen molar-refractivity contribution in [2.75, 3.05) is 13.2 Å². The minimum absolute atomic E-state index is 0.0441. The molecule has 2 fully saturated rings. The zero-order valence-corrected chi connectivity index (χ0v) is 23.3. The number of hydrogen-bond acceptors (Lipinski definition) is 10. The summed E-state index contributed by atoms with van der Waals surface area (Å²) < 4.78 is 23.6. The Balaban J connectivity index is 1.44. The van der Waals surface area contributed by atoms with Crippen molar-refractivity contribution in [3.63, 3.8) is 0 Å². The lowest BCUT2D eigenvalue weighted by Crippen LogP contribution is -2.63. The van der Waals surface area contributed by atoms with Crippen LogP contribution in [0.25, 0.3) is 11.0 Å². The maximum Gasteiger partial charge on any atom is 0.336 e. The van der Waals surface area contributed by atoms with E-state index in [4.69, 9.17) is 18.6 Å². The molecule has 1 saturated carbocycles. The van der Waals surface area contributed by atoms with E-state index < -0.39 is 60.6 Å². The molecule has 2 aliphatic carbocycles. The monoisotopic (exact) mass is 560 g/mol. The summed E-state index contributed by atoms with van der Waals surface area (Å²) in [6.07, 6.45) is -4.86. The maximum absolute atomic E-state index is 11.7. The highest BCUT2D eigenvalue weighted by atomic mass is 16.7. The minimum Gasteiger partial charge on any atom is -0.493 e. The molecule has 0 bridgehead atoms. The fourth-order valence-electron chi connectivity index (χ4n) is 7.30. The van der Waals surface area contributed by atoms with Crippen LogP contribution in [0.5, 0.6) is 5.75 Å². The highest BCUT2D eigenvalue weighted by Crippen LogP contribution is 2.60. The van der Waals surface area contributed by atoms with Gasteiger partial charge in [0.25, 0.3) is 0 Å². The molecule has 5 N–H and O–H groups in total. The van der Waals surface area contributed by atoms with E-state index in [0.29, 0.717) is 30.8 Å². The van der Waals surface area contributed by atoms with Crippen LogP contribution in [0.3, 0.4) is 0 Å². The lowest BCUT2D eigenvalue weighted by molar-refractivity contribution is -0.320. The van der Waals surface area contributed by atoms with Gasteiger partial charge in [0.15, 0.2) is 6.29 Å². The molecule has 5 rings (SSSR count). The molecule has 0 amide bonds. The van der Waals surface area contributed by atoms with Crippen LogP contribution >= 0.6 is 0 Å². The molecule has 1 aromatic heterocycles. The molecule has 0 spiro atoms. The van der Waals surface area contributed by atoms with Gasteiger partial charge in [-0.05, 0) is 48.8 Å². The van der Waals surface area contributed by atoms with E-state index in [1.54, 1.807) is 12.1 Å². The van der Waals surface area contributed by atoms with Crippen LogP contribution in [-0.4, -0.2) is 81.7 Å². The first-order valence-corrected chi connectivity index (χ1v) is 13.9. The van der Waals surface area contributed by atoms with Crippen LogP contribution in [0.15, 0.2) is 51.2 Å². The van der Waals surface area contributed by atoms with Gasteiger partial charge in [-0.3, -0.25) is 0 Å². The van der Waals surface area contributed by atoms with Crippen LogP contribution < -0.4 is 10.4 Å². The molecule has 40 heavy (non-hydrogen) atoms. The molecule has 1 aromatic carbocycles. The molecule has 3 aliphatic rings. The van der Waals surface area contributed by atoms with Gasteiger partial charge in [-0.25, -0.2) is 4.79 Å². The second-order valence-electron chi connectivity index (χ2n) is 12.4. The second-order valence-corrected chi connectivity index (χ2v) is 12.4. The van der Waals surface area contributed by atoms with Gasteiger partial charge in [0.2, 0.25) is 0 Å². The average Bonchev–Trinajstić information content (AvgIpc) is 2.90. The van der Waals surface area contributed by atoms with Crippen molar-refractivity contribution in [3.8, 4) is 5.75 Å². The number of hydrogen-bond donors (Lipinski definition) is 5. The van der Waals surface area contributed by atoms with Crippen LogP contribution in [0.1, 0.15) is 40.5 Å². The number of ether oxygens (including phenoxy) is 3. The van der Waals surface area contributed by atoms with Crippen LogP contribution in [0, 0.1) is 22.7 Å². The van der Waals surface area contributed by atoms with E-state index in [-0.39, 0.29) is 17.3 Å². The van der Waals surface area contributed by atoms with Crippen molar-refractivity contribution in [2.24, 2.45) is 22.7 Å². The number of benzene rings is 1. The summed E-state index contributed by atoms with van der Waals surface area (Å²) in [7, 11) is 0. The summed E-state index contributed by atoms with van der Waals surface area (Å²) in [5.41, 5.74) is 0.0458. The second kappa shape index (κ2) is 10.8. The molecule has 1 aliphatic heterocycles. The van der Waals surface area contributed by atoms with Gasteiger partial charge < -0.3 is 44.2 Å². The van der Waals surface area contributed by atoms with E-state index in [2.05, 4.69) is 6.92 Å². The molecule has 10 heteroatoms. The Bertz CT molecular complexity index is 1300. The largest absolute Gasteiger partial charge is 0.493 e. The van der Waals surface area contributed by atoms with Gasteiger partial charge in [0.1, 0.15) is 35.7 Å². The Kier molecular flexibility index (Phi) is 7.90. The highest BCUT2D eigenvalue weighted by molar-refractivity contribution is 5.77. The zero-order valence-electron chi connectivity index (χ0n) is 23.3. The molecule has 0 unspecified atom stereocenters. The first kappa shape index (κ1) is 29.2. The predicted molar refractivity (Wildman–Crippen MR) is 144 cm³/mol. The Morgan fingerprint density at radius 2 is 1.75 bits per heavy atom. The number of aliphatic hydroxyl groups is 5. The van der Waals surface area contributed by atoms with Crippen molar-refractivity contribution in [1.82, 2.24) is 0 Å². The van der Waals surface area contributed by atoms with E-state index in [0.717, 1.165) is 11.0 Å². The molecule has 0 radical (unpaired) electrons. The summed E-state index contributed by atoms with van der Waals surface area (Å²) in [4.78, 5) is 11.7. The maximum atomic E-state index is 11.7. The average molecular weight is 561 g/mol. The van der Waals surface area contributed by atoms with Crippen LogP contribution in [-0.2, 0) is 9.47 Å². The number of fused-ring (bicyclic) bond motifs is 2. The Labute approximate surface area is 232 Å². The molecule has 220 valence electrons. The van der Waals surface area contributed by atoms with Crippen LogP contribution in [0.2, 0.25) is 0 Å². The van der Waals surface area contributed by atoms with Crippen molar-refractivity contribution >= 4 is 11.0 Å². The normalized spacial score (nSPS) is 39.4. The van der Waals surface area contributed by atoms with Crippen molar-refractivity contribution in [3.05, 3.63) is 52.4 Å². The Morgan fingerprint density at radius 1 is 1.02 bits per heavy atom. The first-order chi connectivity index (χ1) is 18.9. The molecule has 2 aromatic rings. The SMILES string of the molecule is CC1=C[C@@H](O[C@@H]2O[C@H](CO)[C@@H](O)[C@H](O)[C@H]2O)[C@@H]2C(C)(C)[C@@H](O)CC[C@@]2(C)[C@@H]1COc1ccc2ccc(=O)oc2c1. The van der Waals surface area contributed by atoms with Crippen molar-refractivity contribution in [2.45, 2.75) is 83.5 Å². The van der Waals surface area contributed by atoms with Gasteiger partial charge in [0.05, 0.1) is 25.4 Å². The minimum atomic E-state index is -1.55. The van der Waals surface area contributed by atoms with E-state index in [9.17, 15) is 30.3 Å². The molecule has 10 atom stereocenters. The third-order valence-electron chi connectivity index (χ3n) is 9.58. The fraction of sp³-hybridized carbons (Fsp3) is 0.633. The molecular formula is C30H40O10. The summed E-state index contributed by atoms with van der Waals surface area (Å²) in [5.74, 6) is 0.296. The van der Waals surface area contributed by atoms with Gasteiger partial charge in [0, 0.05) is 29.4 Å². The van der Waals surface area contributed by atoms with Crippen molar-refractivity contribution in [1.29, 1.82) is 0 Å². The fourth-order valence-corrected chi connectivity index (χ4v) is 7.30. The lowest BCUT2D eigenvalue weighted by Gasteiger charge is -2.60. The molecule has 1 saturated heterocycles. The lowest BCUT2D eigenvalue weighted by atomic mass is 9.47. The smallest absolute Gasteiger partial charge is 0.336 e. The number of rotatable bonds is 6. The topological polar surface area (TPSA) is 159 Å². The van der Waals surface area contributed by atoms with Crippen LogP contribution in [0.4, 0.5) is 0 Å². The van der Waals surface area contributed by atoms with Gasteiger partial charge in [-0.1, -0.05) is 32.4 Å². The van der Waals surface area contributed by atoms with Gasteiger partial charge in [-0.15, -0.1) is 0 Å². The number of aliphatic hydroxyl groups excluding tert-OH is 5. The van der Waals surface area contributed by atoms with E-state index in [1.165, 1.54) is 6.07 Å². The summed E-state index contributed by atoms with van der Waals surface area (Å²) in [6, 6.07) is 8.46. The van der Waals surface area contributed by atoms with Gasteiger partial charge >= 0.3 is 5.63 Å². The Morgan fingerprint density at radius 3 is 2.48 bits per heavy atom.